The maximum atomic E-state index is 12.0. The van der Waals surface area contributed by atoms with Crippen LogP contribution in [0, 0.1) is 0 Å². The smallest absolute Gasteiger partial charge is 0.306 e. The average molecular weight is 242 g/mol. The Morgan fingerprint density at radius 2 is 2.12 bits per heavy atom. The topological polar surface area (TPSA) is 58.6 Å². The Balaban J connectivity index is 2.35. The number of hydrogen-bond donors (Lipinski definition) is 1. The number of likely N-dealkylation sites (N-methyl/N-ethyl adjacent to an activating group) is 1. The molecule has 1 rings (SSSR count). The predicted octanol–water partition coefficient (Wildman–Crippen LogP) is 0.540. The van der Waals surface area contributed by atoms with Gasteiger partial charge in [0.15, 0.2) is 0 Å². The van der Waals surface area contributed by atoms with Crippen molar-refractivity contribution < 1.29 is 14.3 Å². The van der Waals surface area contributed by atoms with E-state index in [0.717, 1.165) is 19.5 Å². The fourth-order valence-electron chi connectivity index (χ4n) is 2.13. The second-order valence-electron chi connectivity index (χ2n) is 4.13. The quantitative estimate of drug-likeness (QED) is 0.691. The summed E-state index contributed by atoms with van der Waals surface area (Å²) in [6, 6.07) is 0.287. The second kappa shape index (κ2) is 7.27. The number of nitrogens with one attached hydrogen (secondary N) is 1. The van der Waals surface area contributed by atoms with E-state index in [0.29, 0.717) is 13.2 Å². The molecule has 1 saturated heterocycles. The van der Waals surface area contributed by atoms with Crippen LogP contribution in [-0.2, 0) is 14.3 Å². The van der Waals surface area contributed by atoms with Gasteiger partial charge in [0.2, 0.25) is 5.91 Å². The highest BCUT2D eigenvalue weighted by atomic mass is 16.5. The zero-order valence-corrected chi connectivity index (χ0v) is 10.7. The molecule has 1 aliphatic rings. The first-order chi connectivity index (χ1) is 8.19. The van der Waals surface area contributed by atoms with Gasteiger partial charge >= 0.3 is 5.97 Å². The molecule has 0 aromatic heterocycles. The van der Waals surface area contributed by atoms with E-state index in [1.807, 2.05) is 11.8 Å². The molecule has 0 radical (unpaired) electrons. The van der Waals surface area contributed by atoms with Crippen molar-refractivity contribution in [1.29, 1.82) is 0 Å². The van der Waals surface area contributed by atoms with Crippen molar-refractivity contribution in [3.8, 4) is 0 Å². The molecule has 1 aliphatic heterocycles. The molecule has 0 spiro atoms. The molecule has 1 atom stereocenters. The molecule has 1 fully saturated rings. The third-order valence-corrected chi connectivity index (χ3v) is 2.98. The summed E-state index contributed by atoms with van der Waals surface area (Å²) in [7, 11) is 0. The van der Waals surface area contributed by atoms with E-state index in [1.165, 1.54) is 0 Å². The Labute approximate surface area is 102 Å². The molecular formula is C12H22N2O3. The summed E-state index contributed by atoms with van der Waals surface area (Å²) in [5, 5.41) is 3.24. The normalized spacial score (nSPS) is 19.1. The van der Waals surface area contributed by atoms with E-state index in [4.69, 9.17) is 4.74 Å². The van der Waals surface area contributed by atoms with Crippen molar-refractivity contribution in [3.63, 3.8) is 0 Å². The Bertz CT molecular complexity index is 262. The van der Waals surface area contributed by atoms with Gasteiger partial charge in [0.25, 0.3) is 0 Å². The molecule has 1 N–H and O–H groups in total. The minimum Gasteiger partial charge on any atom is -0.466 e. The third-order valence-electron chi connectivity index (χ3n) is 2.98. The van der Waals surface area contributed by atoms with Crippen LogP contribution in [0.5, 0.6) is 0 Å². The zero-order valence-electron chi connectivity index (χ0n) is 10.7. The molecule has 1 heterocycles. The summed E-state index contributed by atoms with van der Waals surface area (Å²) in [6.45, 7) is 6.64. The van der Waals surface area contributed by atoms with Crippen LogP contribution in [0.25, 0.3) is 0 Å². The van der Waals surface area contributed by atoms with Gasteiger partial charge in [-0.3, -0.25) is 9.59 Å². The number of hydrogen-bond acceptors (Lipinski definition) is 4. The van der Waals surface area contributed by atoms with Crippen molar-refractivity contribution in [2.75, 3.05) is 26.2 Å². The molecule has 5 nitrogen and oxygen atoms in total. The fraction of sp³-hybridized carbons (Fsp3) is 0.833. The second-order valence-corrected chi connectivity index (χ2v) is 4.13. The largest absolute Gasteiger partial charge is 0.466 e. The number of ether oxygens (including phenoxy) is 1. The molecule has 98 valence electrons. The Kier molecular flexibility index (Phi) is 5.97. The standard InChI is InChI=1S/C12H22N2O3/c1-3-14(10-7-8-13-9-10)11(15)5-6-12(16)17-4-2/h10,13H,3-9H2,1-2H3. The number of esters is 1. The summed E-state index contributed by atoms with van der Waals surface area (Å²) >= 11 is 0. The zero-order chi connectivity index (χ0) is 12.7. The van der Waals surface area contributed by atoms with E-state index in [1.54, 1.807) is 6.92 Å². The molecular weight excluding hydrogens is 220 g/mol. The number of carbonyl (C=O) groups excluding carboxylic acids is 2. The van der Waals surface area contributed by atoms with E-state index < -0.39 is 0 Å². The van der Waals surface area contributed by atoms with Crippen LogP contribution >= 0.6 is 0 Å². The van der Waals surface area contributed by atoms with E-state index in [2.05, 4.69) is 5.32 Å². The molecule has 1 unspecified atom stereocenters. The van der Waals surface area contributed by atoms with Gasteiger partial charge in [0, 0.05) is 25.6 Å². The average Bonchev–Trinajstić information content (AvgIpc) is 2.81. The number of carbonyl (C=O) groups is 2. The molecule has 0 aliphatic carbocycles. The van der Waals surface area contributed by atoms with E-state index in [9.17, 15) is 9.59 Å². The monoisotopic (exact) mass is 242 g/mol. The van der Waals surface area contributed by atoms with Crippen LogP contribution in [0.2, 0.25) is 0 Å². The van der Waals surface area contributed by atoms with Gasteiger partial charge in [-0.25, -0.2) is 0 Å². The van der Waals surface area contributed by atoms with Crippen molar-refractivity contribution in [2.24, 2.45) is 0 Å². The SMILES string of the molecule is CCOC(=O)CCC(=O)N(CC)C1CCNC1. The molecule has 0 saturated carbocycles. The highest BCUT2D eigenvalue weighted by Gasteiger charge is 2.25. The summed E-state index contributed by atoms with van der Waals surface area (Å²) in [4.78, 5) is 25.0. The van der Waals surface area contributed by atoms with Crippen LogP contribution in [0.3, 0.4) is 0 Å². The highest BCUT2D eigenvalue weighted by Crippen LogP contribution is 2.10. The lowest BCUT2D eigenvalue weighted by molar-refractivity contribution is -0.146. The van der Waals surface area contributed by atoms with Gasteiger partial charge in [0.1, 0.15) is 0 Å². The lowest BCUT2D eigenvalue weighted by Crippen LogP contribution is -2.41. The Morgan fingerprint density at radius 1 is 1.35 bits per heavy atom. The van der Waals surface area contributed by atoms with Gasteiger partial charge in [-0.05, 0) is 26.8 Å². The van der Waals surface area contributed by atoms with Crippen LogP contribution in [0.4, 0.5) is 0 Å². The maximum absolute atomic E-state index is 12.0. The lowest BCUT2D eigenvalue weighted by atomic mass is 10.2. The Hall–Kier alpha value is -1.10. The molecule has 0 aromatic rings. The summed E-state index contributed by atoms with van der Waals surface area (Å²) in [6.07, 6.45) is 1.44. The van der Waals surface area contributed by atoms with Gasteiger partial charge in [-0.15, -0.1) is 0 Å². The molecule has 1 amide bonds. The minimum atomic E-state index is -0.290. The number of rotatable bonds is 6. The molecule has 0 aromatic carbocycles. The first kappa shape index (κ1) is 14.0. The maximum Gasteiger partial charge on any atom is 0.306 e. The first-order valence-electron chi connectivity index (χ1n) is 6.34. The van der Waals surface area contributed by atoms with Gasteiger partial charge in [-0.2, -0.15) is 0 Å². The van der Waals surface area contributed by atoms with E-state index >= 15 is 0 Å². The van der Waals surface area contributed by atoms with Crippen molar-refractivity contribution in [2.45, 2.75) is 39.2 Å². The van der Waals surface area contributed by atoms with Crippen LogP contribution in [-0.4, -0.2) is 49.1 Å². The van der Waals surface area contributed by atoms with Crippen molar-refractivity contribution >= 4 is 11.9 Å². The van der Waals surface area contributed by atoms with Crippen LogP contribution in [0.1, 0.15) is 33.1 Å². The lowest BCUT2D eigenvalue weighted by Gasteiger charge is -2.27. The highest BCUT2D eigenvalue weighted by molar-refractivity contribution is 5.81. The van der Waals surface area contributed by atoms with Crippen LogP contribution < -0.4 is 5.32 Å². The minimum absolute atomic E-state index is 0.0502. The van der Waals surface area contributed by atoms with E-state index in [-0.39, 0.29) is 30.8 Å². The van der Waals surface area contributed by atoms with Gasteiger partial charge in [-0.1, -0.05) is 0 Å². The Morgan fingerprint density at radius 3 is 2.65 bits per heavy atom. The molecule has 5 heteroatoms. The fourth-order valence-corrected chi connectivity index (χ4v) is 2.13. The molecule has 0 bridgehead atoms. The molecule has 17 heavy (non-hydrogen) atoms. The van der Waals surface area contributed by atoms with Gasteiger partial charge in [0.05, 0.1) is 13.0 Å². The summed E-state index contributed by atoms with van der Waals surface area (Å²) in [5.41, 5.74) is 0. The number of nitrogens with zero attached hydrogens (tertiary/aromatic N) is 1. The predicted molar refractivity (Wildman–Crippen MR) is 64.5 cm³/mol. The summed E-state index contributed by atoms with van der Waals surface area (Å²) in [5.74, 6) is -0.240. The third kappa shape index (κ3) is 4.34. The van der Waals surface area contributed by atoms with Crippen molar-refractivity contribution in [3.05, 3.63) is 0 Å². The van der Waals surface area contributed by atoms with Crippen molar-refractivity contribution in [1.82, 2.24) is 10.2 Å². The first-order valence-corrected chi connectivity index (χ1v) is 6.34. The van der Waals surface area contributed by atoms with Crippen LogP contribution in [0.15, 0.2) is 0 Å². The number of amides is 1. The van der Waals surface area contributed by atoms with Gasteiger partial charge < -0.3 is 15.0 Å². The summed E-state index contributed by atoms with van der Waals surface area (Å²) < 4.78 is 4.81.